The SMILES string of the molecule is Cc1ccc(CCCC(=O)NCC(C)(C(=O)O)c2ccccc2)s1. The number of aliphatic carboxylic acids is 1. The Hall–Kier alpha value is -2.14. The average Bonchev–Trinajstić information content (AvgIpc) is 2.98. The second-order valence-electron chi connectivity index (χ2n) is 6.15. The molecule has 1 atom stereocenters. The van der Waals surface area contributed by atoms with Crippen molar-refractivity contribution >= 4 is 23.2 Å². The maximum Gasteiger partial charge on any atom is 0.315 e. The molecule has 1 aromatic carbocycles. The third-order valence-corrected chi connectivity index (χ3v) is 5.21. The molecule has 1 unspecified atom stereocenters. The van der Waals surface area contributed by atoms with Crippen LogP contribution in [0.1, 0.15) is 35.1 Å². The molecular weight excluding hydrogens is 322 g/mol. The summed E-state index contributed by atoms with van der Waals surface area (Å²) >= 11 is 1.75. The number of aryl methyl sites for hydroxylation is 2. The molecule has 2 N–H and O–H groups in total. The number of carboxylic acids is 1. The van der Waals surface area contributed by atoms with Gasteiger partial charge in [-0.1, -0.05) is 30.3 Å². The van der Waals surface area contributed by atoms with E-state index in [2.05, 4.69) is 24.4 Å². The van der Waals surface area contributed by atoms with Gasteiger partial charge in [-0.15, -0.1) is 11.3 Å². The molecule has 0 spiro atoms. The minimum Gasteiger partial charge on any atom is -0.481 e. The van der Waals surface area contributed by atoms with Gasteiger partial charge in [-0.2, -0.15) is 0 Å². The van der Waals surface area contributed by atoms with E-state index in [-0.39, 0.29) is 12.5 Å². The zero-order chi connectivity index (χ0) is 17.6. The average molecular weight is 345 g/mol. The predicted molar refractivity (Wildman–Crippen MR) is 96.4 cm³/mol. The fourth-order valence-electron chi connectivity index (χ4n) is 2.51. The van der Waals surface area contributed by atoms with Crippen molar-refractivity contribution in [2.24, 2.45) is 0 Å². The summed E-state index contributed by atoms with van der Waals surface area (Å²) in [5, 5.41) is 12.4. The van der Waals surface area contributed by atoms with Crippen molar-refractivity contribution in [2.45, 2.75) is 38.5 Å². The van der Waals surface area contributed by atoms with E-state index < -0.39 is 11.4 Å². The van der Waals surface area contributed by atoms with Crippen LogP contribution in [0, 0.1) is 6.92 Å². The summed E-state index contributed by atoms with van der Waals surface area (Å²) in [5.41, 5.74) is -0.436. The maximum atomic E-state index is 12.0. The van der Waals surface area contributed by atoms with Crippen molar-refractivity contribution in [2.75, 3.05) is 6.54 Å². The minimum absolute atomic E-state index is 0.0866. The van der Waals surface area contributed by atoms with Gasteiger partial charge in [0.2, 0.25) is 5.91 Å². The normalized spacial score (nSPS) is 13.2. The molecule has 0 bridgehead atoms. The molecular formula is C19H23NO3S. The van der Waals surface area contributed by atoms with E-state index in [0.717, 1.165) is 12.8 Å². The summed E-state index contributed by atoms with van der Waals surface area (Å²) < 4.78 is 0. The molecule has 0 saturated heterocycles. The van der Waals surface area contributed by atoms with Gasteiger partial charge in [-0.25, -0.2) is 0 Å². The Morgan fingerprint density at radius 1 is 1.17 bits per heavy atom. The molecule has 1 amide bonds. The Balaban J connectivity index is 1.85. The number of carbonyl (C=O) groups is 2. The summed E-state index contributed by atoms with van der Waals surface area (Å²) in [5.74, 6) is -1.05. The quantitative estimate of drug-likeness (QED) is 0.769. The summed E-state index contributed by atoms with van der Waals surface area (Å²) in [4.78, 5) is 26.3. The molecule has 1 heterocycles. The van der Waals surface area contributed by atoms with Crippen molar-refractivity contribution in [3.8, 4) is 0 Å². The molecule has 5 heteroatoms. The van der Waals surface area contributed by atoms with Crippen LogP contribution in [0.5, 0.6) is 0 Å². The number of benzene rings is 1. The molecule has 0 aliphatic heterocycles. The molecule has 4 nitrogen and oxygen atoms in total. The first-order chi connectivity index (χ1) is 11.4. The van der Waals surface area contributed by atoms with Gasteiger partial charge in [0.15, 0.2) is 0 Å². The number of rotatable bonds is 8. The smallest absolute Gasteiger partial charge is 0.315 e. The first-order valence-corrected chi connectivity index (χ1v) is 8.84. The lowest BCUT2D eigenvalue weighted by molar-refractivity contribution is -0.143. The first-order valence-electron chi connectivity index (χ1n) is 8.03. The lowest BCUT2D eigenvalue weighted by atomic mass is 9.82. The third-order valence-electron chi connectivity index (χ3n) is 4.15. The van der Waals surface area contributed by atoms with Gasteiger partial charge < -0.3 is 10.4 Å². The van der Waals surface area contributed by atoms with Gasteiger partial charge in [-0.05, 0) is 44.4 Å². The van der Waals surface area contributed by atoms with Crippen LogP contribution in [0.15, 0.2) is 42.5 Å². The third kappa shape index (κ3) is 4.68. The summed E-state index contributed by atoms with van der Waals surface area (Å²) in [7, 11) is 0. The Labute approximate surface area is 146 Å². The van der Waals surface area contributed by atoms with Crippen molar-refractivity contribution in [1.29, 1.82) is 0 Å². The van der Waals surface area contributed by atoms with E-state index in [9.17, 15) is 14.7 Å². The highest BCUT2D eigenvalue weighted by molar-refractivity contribution is 7.11. The summed E-state index contributed by atoms with van der Waals surface area (Å²) in [6.45, 7) is 3.79. The first kappa shape index (κ1) is 18.2. The van der Waals surface area contributed by atoms with E-state index in [1.54, 1.807) is 42.5 Å². The van der Waals surface area contributed by atoms with Gasteiger partial charge in [0.05, 0.1) is 0 Å². The van der Waals surface area contributed by atoms with Crippen LogP contribution in [-0.4, -0.2) is 23.5 Å². The van der Waals surface area contributed by atoms with Gasteiger partial charge in [-0.3, -0.25) is 9.59 Å². The molecule has 2 rings (SSSR count). The van der Waals surface area contributed by atoms with Crippen LogP contribution in [0.3, 0.4) is 0 Å². The maximum absolute atomic E-state index is 12.0. The molecule has 1 aromatic heterocycles. The summed E-state index contributed by atoms with van der Waals surface area (Å²) in [6, 6.07) is 13.2. The van der Waals surface area contributed by atoms with Crippen molar-refractivity contribution < 1.29 is 14.7 Å². The Kier molecular flexibility index (Phi) is 6.15. The zero-order valence-corrected chi connectivity index (χ0v) is 14.9. The number of carboxylic acid groups (broad SMARTS) is 1. The van der Waals surface area contributed by atoms with Crippen molar-refractivity contribution in [1.82, 2.24) is 5.32 Å². The van der Waals surface area contributed by atoms with Gasteiger partial charge in [0, 0.05) is 22.7 Å². The van der Waals surface area contributed by atoms with Gasteiger partial charge in [0.1, 0.15) is 5.41 Å². The van der Waals surface area contributed by atoms with E-state index >= 15 is 0 Å². The fraction of sp³-hybridized carbons (Fsp3) is 0.368. The van der Waals surface area contributed by atoms with Crippen LogP contribution >= 0.6 is 11.3 Å². The topological polar surface area (TPSA) is 66.4 Å². The highest BCUT2D eigenvalue weighted by atomic mass is 32.1. The molecule has 0 saturated carbocycles. The van der Waals surface area contributed by atoms with Crippen molar-refractivity contribution in [3.63, 3.8) is 0 Å². The standard InChI is InChI=1S/C19H23NO3S/c1-14-11-12-16(24-14)9-6-10-17(21)20-13-19(2,18(22)23)15-7-4-3-5-8-15/h3-5,7-8,11-12H,6,9-10,13H2,1-2H3,(H,20,21)(H,22,23). The molecule has 0 aliphatic carbocycles. The lowest BCUT2D eigenvalue weighted by Gasteiger charge is -2.25. The molecule has 0 aliphatic rings. The molecule has 0 radical (unpaired) electrons. The Morgan fingerprint density at radius 3 is 2.46 bits per heavy atom. The number of thiophene rings is 1. The van der Waals surface area contributed by atoms with E-state index in [0.29, 0.717) is 12.0 Å². The van der Waals surface area contributed by atoms with Crippen molar-refractivity contribution in [3.05, 3.63) is 57.8 Å². The largest absolute Gasteiger partial charge is 0.481 e. The Bertz CT molecular complexity index is 696. The van der Waals surface area contributed by atoms with E-state index in [1.165, 1.54) is 9.75 Å². The van der Waals surface area contributed by atoms with Crippen LogP contribution in [0.2, 0.25) is 0 Å². The summed E-state index contributed by atoms with van der Waals surface area (Å²) in [6.07, 6.45) is 2.04. The highest BCUT2D eigenvalue weighted by Crippen LogP contribution is 2.23. The number of nitrogens with one attached hydrogen (secondary N) is 1. The molecule has 0 fully saturated rings. The minimum atomic E-state index is -1.12. The van der Waals surface area contributed by atoms with E-state index in [4.69, 9.17) is 0 Å². The van der Waals surface area contributed by atoms with Crippen LogP contribution < -0.4 is 5.32 Å². The fourth-order valence-corrected chi connectivity index (χ4v) is 3.45. The van der Waals surface area contributed by atoms with Gasteiger partial charge in [0.25, 0.3) is 0 Å². The monoisotopic (exact) mass is 345 g/mol. The number of hydrogen-bond acceptors (Lipinski definition) is 3. The predicted octanol–water partition coefficient (Wildman–Crippen LogP) is 3.54. The number of amides is 1. The molecule has 128 valence electrons. The number of hydrogen-bond donors (Lipinski definition) is 2. The van der Waals surface area contributed by atoms with Gasteiger partial charge >= 0.3 is 5.97 Å². The van der Waals surface area contributed by atoms with E-state index in [1.807, 2.05) is 6.07 Å². The zero-order valence-electron chi connectivity index (χ0n) is 14.0. The van der Waals surface area contributed by atoms with Crippen LogP contribution in [-0.2, 0) is 21.4 Å². The second kappa shape index (κ2) is 8.11. The Morgan fingerprint density at radius 2 is 1.88 bits per heavy atom. The second-order valence-corrected chi connectivity index (χ2v) is 7.52. The number of carbonyl (C=O) groups excluding carboxylic acids is 1. The highest BCUT2D eigenvalue weighted by Gasteiger charge is 2.35. The molecule has 24 heavy (non-hydrogen) atoms. The molecule has 2 aromatic rings. The lowest BCUT2D eigenvalue weighted by Crippen LogP contribution is -2.44. The van der Waals surface area contributed by atoms with Crippen LogP contribution in [0.4, 0.5) is 0 Å². The van der Waals surface area contributed by atoms with Crippen LogP contribution in [0.25, 0.3) is 0 Å².